The van der Waals surface area contributed by atoms with Crippen LogP contribution in [0, 0.1) is 5.92 Å². The summed E-state index contributed by atoms with van der Waals surface area (Å²) < 4.78 is 0. The highest BCUT2D eigenvalue weighted by Crippen LogP contribution is 2.10. The summed E-state index contributed by atoms with van der Waals surface area (Å²) in [5.41, 5.74) is 1.11. The Hall–Kier alpha value is -0.530. The molecular weight excluding hydrogens is 150 g/mol. The fourth-order valence-electron chi connectivity index (χ4n) is 1.14. The summed E-state index contributed by atoms with van der Waals surface area (Å²) in [5, 5.41) is 3.92. The lowest BCUT2D eigenvalue weighted by Gasteiger charge is -2.09. The Morgan fingerprint density at radius 2 is 2.08 bits per heavy atom. The minimum Gasteiger partial charge on any atom is -0.399 e. The van der Waals surface area contributed by atoms with Gasteiger partial charge in [0.1, 0.15) is 7.11 Å². The first-order chi connectivity index (χ1) is 5.72. The van der Waals surface area contributed by atoms with Crippen LogP contribution in [0.1, 0.15) is 46.5 Å². The smallest absolute Gasteiger partial charge is 0.106 e. The van der Waals surface area contributed by atoms with Crippen molar-refractivity contribution in [2.45, 2.75) is 46.5 Å². The Morgan fingerprint density at radius 3 is 2.58 bits per heavy atom. The van der Waals surface area contributed by atoms with E-state index in [1.807, 2.05) is 6.92 Å². The van der Waals surface area contributed by atoms with E-state index < -0.39 is 0 Å². The maximum atomic E-state index is 4.72. The van der Waals surface area contributed by atoms with Crippen LogP contribution in [0.4, 0.5) is 0 Å². The number of rotatable bonds is 6. The Kier molecular flexibility index (Phi) is 6.82. The van der Waals surface area contributed by atoms with Gasteiger partial charge < -0.3 is 4.84 Å². The van der Waals surface area contributed by atoms with Crippen molar-refractivity contribution in [2.75, 3.05) is 7.11 Å². The lowest BCUT2D eigenvalue weighted by atomic mass is 9.99. The molecule has 1 unspecified atom stereocenters. The van der Waals surface area contributed by atoms with Gasteiger partial charge in [0.05, 0.1) is 5.71 Å². The number of oxime groups is 1. The molecule has 0 aliphatic heterocycles. The van der Waals surface area contributed by atoms with Crippen molar-refractivity contribution in [3.8, 4) is 0 Å². The summed E-state index contributed by atoms with van der Waals surface area (Å²) in [7, 11) is 1.60. The van der Waals surface area contributed by atoms with E-state index in [1.165, 1.54) is 25.7 Å². The van der Waals surface area contributed by atoms with Crippen LogP contribution in [0.2, 0.25) is 0 Å². The molecule has 0 rings (SSSR count). The molecule has 72 valence electrons. The van der Waals surface area contributed by atoms with Crippen molar-refractivity contribution in [3.05, 3.63) is 0 Å². The lowest BCUT2D eigenvalue weighted by molar-refractivity contribution is 0.210. The van der Waals surface area contributed by atoms with Gasteiger partial charge in [-0.2, -0.15) is 0 Å². The minimum absolute atomic E-state index is 0.566. The first kappa shape index (κ1) is 11.5. The van der Waals surface area contributed by atoms with E-state index in [0.717, 1.165) is 5.71 Å². The zero-order valence-electron chi connectivity index (χ0n) is 8.76. The van der Waals surface area contributed by atoms with Crippen LogP contribution in [-0.2, 0) is 4.84 Å². The third-order valence-electron chi connectivity index (χ3n) is 2.19. The Labute approximate surface area is 76.0 Å². The fourth-order valence-corrected chi connectivity index (χ4v) is 1.14. The number of hydrogen-bond donors (Lipinski definition) is 0. The van der Waals surface area contributed by atoms with Gasteiger partial charge in [0.2, 0.25) is 0 Å². The molecule has 12 heavy (non-hydrogen) atoms. The second-order valence-electron chi connectivity index (χ2n) is 3.31. The number of nitrogens with zero attached hydrogens (tertiary/aromatic N) is 1. The summed E-state index contributed by atoms with van der Waals surface area (Å²) in [5.74, 6) is 0.566. The van der Waals surface area contributed by atoms with Gasteiger partial charge in [-0.15, -0.1) is 0 Å². The molecule has 0 bridgehead atoms. The molecule has 0 aliphatic rings. The van der Waals surface area contributed by atoms with Gasteiger partial charge in [0, 0.05) is 0 Å². The van der Waals surface area contributed by atoms with E-state index in [1.54, 1.807) is 7.11 Å². The van der Waals surface area contributed by atoms with Crippen molar-refractivity contribution >= 4 is 5.71 Å². The van der Waals surface area contributed by atoms with E-state index >= 15 is 0 Å². The maximum absolute atomic E-state index is 4.72. The predicted octanol–water partition coefficient (Wildman–Crippen LogP) is 3.23. The van der Waals surface area contributed by atoms with E-state index in [-0.39, 0.29) is 0 Å². The van der Waals surface area contributed by atoms with Crippen LogP contribution in [0.15, 0.2) is 5.16 Å². The van der Waals surface area contributed by atoms with Crippen molar-refractivity contribution in [1.29, 1.82) is 0 Å². The highest BCUT2D eigenvalue weighted by atomic mass is 16.6. The van der Waals surface area contributed by atoms with Crippen LogP contribution >= 0.6 is 0 Å². The molecule has 0 spiro atoms. The number of hydrogen-bond acceptors (Lipinski definition) is 2. The summed E-state index contributed by atoms with van der Waals surface area (Å²) in [6, 6.07) is 0. The van der Waals surface area contributed by atoms with Gasteiger partial charge in [0.25, 0.3) is 0 Å². The van der Waals surface area contributed by atoms with Crippen LogP contribution in [0.25, 0.3) is 0 Å². The van der Waals surface area contributed by atoms with Gasteiger partial charge in [-0.3, -0.25) is 0 Å². The Balaban J connectivity index is 3.56. The predicted molar refractivity (Wildman–Crippen MR) is 53.4 cm³/mol. The van der Waals surface area contributed by atoms with Crippen molar-refractivity contribution in [1.82, 2.24) is 0 Å². The largest absolute Gasteiger partial charge is 0.399 e. The molecular formula is C10H21NO. The topological polar surface area (TPSA) is 21.6 Å². The first-order valence-corrected chi connectivity index (χ1v) is 4.80. The molecule has 0 aliphatic carbocycles. The molecule has 0 radical (unpaired) electrons. The summed E-state index contributed by atoms with van der Waals surface area (Å²) in [6.07, 6.45) is 5.14. The molecule has 0 aromatic rings. The Bertz CT molecular complexity index is 132. The quantitative estimate of drug-likeness (QED) is 0.341. The van der Waals surface area contributed by atoms with E-state index in [0.29, 0.717) is 5.92 Å². The molecule has 0 heterocycles. The summed E-state index contributed by atoms with van der Waals surface area (Å²) >= 11 is 0. The molecule has 0 aromatic heterocycles. The molecule has 0 N–H and O–H groups in total. The van der Waals surface area contributed by atoms with Gasteiger partial charge in [-0.25, -0.2) is 0 Å². The zero-order chi connectivity index (χ0) is 9.40. The molecule has 0 amide bonds. The SMILES string of the molecule is CCCCCC(C)/C(C)=N/OC. The van der Waals surface area contributed by atoms with Crippen LogP contribution < -0.4 is 0 Å². The van der Waals surface area contributed by atoms with Gasteiger partial charge in [-0.1, -0.05) is 38.3 Å². The van der Waals surface area contributed by atoms with Crippen LogP contribution in [-0.4, -0.2) is 12.8 Å². The molecule has 1 atom stereocenters. The average molecular weight is 171 g/mol. The van der Waals surface area contributed by atoms with E-state index in [9.17, 15) is 0 Å². The fraction of sp³-hybridized carbons (Fsp3) is 0.900. The molecule has 0 aromatic carbocycles. The summed E-state index contributed by atoms with van der Waals surface area (Å²) in [4.78, 5) is 4.72. The zero-order valence-corrected chi connectivity index (χ0v) is 8.76. The highest BCUT2D eigenvalue weighted by Gasteiger charge is 2.05. The van der Waals surface area contributed by atoms with Crippen LogP contribution in [0.5, 0.6) is 0 Å². The van der Waals surface area contributed by atoms with E-state index in [4.69, 9.17) is 4.84 Å². The Morgan fingerprint density at radius 1 is 1.42 bits per heavy atom. The third-order valence-corrected chi connectivity index (χ3v) is 2.19. The van der Waals surface area contributed by atoms with Crippen molar-refractivity contribution in [3.63, 3.8) is 0 Å². The monoisotopic (exact) mass is 171 g/mol. The van der Waals surface area contributed by atoms with Crippen LogP contribution in [0.3, 0.4) is 0 Å². The second-order valence-corrected chi connectivity index (χ2v) is 3.31. The average Bonchev–Trinajstić information content (AvgIpc) is 2.05. The third kappa shape index (κ3) is 5.16. The molecule has 0 saturated carbocycles. The molecule has 2 heteroatoms. The van der Waals surface area contributed by atoms with Crippen molar-refractivity contribution in [2.24, 2.45) is 11.1 Å². The minimum atomic E-state index is 0.566. The normalized spacial score (nSPS) is 14.5. The van der Waals surface area contributed by atoms with E-state index in [2.05, 4.69) is 19.0 Å². The maximum Gasteiger partial charge on any atom is 0.106 e. The molecule has 2 nitrogen and oxygen atoms in total. The first-order valence-electron chi connectivity index (χ1n) is 4.80. The highest BCUT2D eigenvalue weighted by molar-refractivity contribution is 5.83. The van der Waals surface area contributed by atoms with Gasteiger partial charge in [0.15, 0.2) is 0 Å². The summed E-state index contributed by atoms with van der Waals surface area (Å²) in [6.45, 7) is 6.45. The van der Waals surface area contributed by atoms with Gasteiger partial charge >= 0.3 is 0 Å². The van der Waals surface area contributed by atoms with Crippen molar-refractivity contribution < 1.29 is 4.84 Å². The molecule has 0 saturated heterocycles. The standard InChI is InChI=1S/C10H21NO/c1-5-6-7-8-9(2)10(3)11-12-4/h9H,5-8H2,1-4H3/b11-10+. The second kappa shape index (κ2) is 7.14. The number of unbranched alkanes of at least 4 members (excludes halogenated alkanes) is 2. The van der Waals surface area contributed by atoms with Gasteiger partial charge in [-0.05, 0) is 19.3 Å². The lowest BCUT2D eigenvalue weighted by Crippen LogP contribution is -2.07. The molecule has 0 fully saturated rings.